The first-order chi connectivity index (χ1) is 14.8. The van der Waals surface area contributed by atoms with E-state index in [-0.39, 0.29) is 24.0 Å². The summed E-state index contributed by atoms with van der Waals surface area (Å²) in [6.07, 6.45) is 4.64. The van der Waals surface area contributed by atoms with Crippen molar-refractivity contribution in [2.75, 3.05) is 39.8 Å². The number of nitrogens with zero attached hydrogens (tertiary/aromatic N) is 2. The highest BCUT2D eigenvalue weighted by Gasteiger charge is 2.19. The molecule has 0 atom stereocenters. The van der Waals surface area contributed by atoms with Gasteiger partial charge in [0.15, 0.2) is 5.96 Å². The van der Waals surface area contributed by atoms with E-state index >= 15 is 0 Å². The van der Waals surface area contributed by atoms with E-state index < -0.39 is 0 Å². The van der Waals surface area contributed by atoms with Crippen LogP contribution in [0.2, 0.25) is 0 Å². The normalized spacial score (nSPS) is 15.3. The molecule has 0 spiro atoms. The maximum Gasteiger partial charge on any atom is 0.190 e. The number of guanidine groups is 1. The van der Waals surface area contributed by atoms with Gasteiger partial charge in [-0.25, -0.2) is 0 Å². The highest BCUT2D eigenvalue weighted by atomic mass is 127. The van der Waals surface area contributed by atoms with E-state index in [0.29, 0.717) is 6.10 Å². The fourth-order valence-electron chi connectivity index (χ4n) is 3.80. The van der Waals surface area contributed by atoms with Gasteiger partial charge >= 0.3 is 0 Å². The van der Waals surface area contributed by atoms with Crippen LogP contribution < -0.4 is 10.6 Å². The SMILES string of the molecule is CN=C(NCCCOC1CCN(Cc2ccccc2)CC1)NCCc1ccccc1.I. The standard InChI is InChI=1S/C25H36N4O.HI/c1-26-25(28-17-13-22-9-4-2-5-10-22)27-16-8-20-30-24-14-18-29(19-15-24)21-23-11-6-3-7-12-23;/h2-7,9-12,24H,8,13-21H2,1H3,(H2,26,27,28);1H. The number of aliphatic imine (C=N–C) groups is 1. The smallest absolute Gasteiger partial charge is 0.190 e. The van der Waals surface area contributed by atoms with Gasteiger partial charge in [-0.1, -0.05) is 60.7 Å². The van der Waals surface area contributed by atoms with Crippen LogP contribution in [-0.4, -0.2) is 56.8 Å². The first-order valence-corrected chi connectivity index (χ1v) is 11.2. The lowest BCUT2D eigenvalue weighted by Crippen LogP contribution is -2.39. The van der Waals surface area contributed by atoms with Gasteiger partial charge in [-0.2, -0.15) is 0 Å². The van der Waals surface area contributed by atoms with Crippen LogP contribution >= 0.6 is 24.0 Å². The van der Waals surface area contributed by atoms with Crippen molar-refractivity contribution in [1.29, 1.82) is 0 Å². The Hall–Kier alpha value is -1.64. The number of nitrogens with one attached hydrogen (secondary N) is 2. The Morgan fingerprint density at radius 1 is 0.935 bits per heavy atom. The summed E-state index contributed by atoms with van der Waals surface area (Å²) in [6.45, 7) is 5.84. The molecule has 0 bridgehead atoms. The van der Waals surface area contributed by atoms with Gasteiger partial charge in [0.05, 0.1) is 6.10 Å². The number of likely N-dealkylation sites (tertiary alicyclic amines) is 1. The summed E-state index contributed by atoms with van der Waals surface area (Å²) in [7, 11) is 1.82. The van der Waals surface area contributed by atoms with Crippen molar-refractivity contribution in [3.8, 4) is 0 Å². The molecule has 31 heavy (non-hydrogen) atoms. The maximum atomic E-state index is 6.11. The minimum Gasteiger partial charge on any atom is -0.378 e. The van der Waals surface area contributed by atoms with Crippen LogP contribution in [0.5, 0.6) is 0 Å². The topological polar surface area (TPSA) is 48.9 Å². The van der Waals surface area contributed by atoms with Crippen LogP contribution in [0.3, 0.4) is 0 Å². The third-order valence-corrected chi connectivity index (χ3v) is 5.52. The monoisotopic (exact) mass is 536 g/mol. The maximum absolute atomic E-state index is 6.11. The molecule has 2 N–H and O–H groups in total. The van der Waals surface area contributed by atoms with E-state index in [0.717, 1.165) is 71.0 Å². The first kappa shape index (κ1) is 25.6. The van der Waals surface area contributed by atoms with E-state index in [1.54, 1.807) is 0 Å². The van der Waals surface area contributed by atoms with Gasteiger partial charge in [0.25, 0.3) is 0 Å². The van der Waals surface area contributed by atoms with E-state index in [4.69, 9.17) is 4.74 Å². The predicted molar refractivity (Wildman–Crippen MR) is 140 cm³/mol. The first-order valence-electron chi connectivity index (χ1n) is 11.2. The quantitative estimate of drug-likeness (QED) is 0.208. The average molecular weight is 537 g/mol. The van der Waals surface area contributed by atoms with Gasteiger partial charge < -0.3 is 15.4 Å². The largest absolute Gasteiger partial charge is 0.378 e. The minimum atomic E-state index is 0. The average Bonchev–Trinajstić information content (AvgIpc) is 2.80. The fourth-order valence-corrected chi connectivity index (χ4v) is 3.80. The van der Waals surface area contributed by atoms with Crippen LogP contribution in [0.4, 0.5) is 0 Å². The van der Waals surface area contributed by atoms with Crippen LogP contribution in [0.25, 0.3) is 0 Å². The number of benzene rings is 2. The summed E-state index contributed by atoms with van der Waals surface area (Å²) < 4.78 is 6.11. The molecule has 170 valence electrons. The Labute approximate surface area is 204 Å². The predicted octanol–water partition coefficient (Wildman–Crippen LogP) is 4.08. The lowest BCUT2D eigenvalue weighted by molar-refractivity contribution is 0.00534. The molecule has 1 aliphatic heterocycles. The van der Waals surface area contributed by atoms with Crippen molar-refractivity contribution in [2.45, 2.75) is 38.3 Å². The number of ether oxygens (including phenoxy) is 1. The lowest BCUT2D eigenvalue weighted by atomic mass is 10.1. The van der Waals surface area contributed by atoms with Gasteiger partial charge in [0, 0.05) is 46.4 Å². The highest BCUT2D eigenvalue weighted by Crippen LogP contribution is 2.16. The molecule has 0 saturated carbocycles. The summed E-state index contributed by atoms with van der Waals surface area (Å²) in [5, 5.41) is 6.75. The van der Waals surface area contributed by atoms with E-state index in [1.807, 2.05) is 13.1 Å². The number of hydrogen-bond donors (Lipinski definition) is 2. The van der Waals surface area contributed by atoms with Crippen molar-refractivity contribution in [2.24, 2.45) is 4.99 Å². The van der Waals surface area contributed by atoms with Crippen molar-refractivity contribution in [3.63, 3.8) is 0 Å². The molecule has 0 aromatic heterocycles. The Balaban J connectivity index is 0.00000341. The number of rotatable bonds is 10. The molecular weight excluding hydrogens is 499 g/mol. The second-order valence-corrected chi connectivity index (χ2v) is 7.85. The van der Waals surface area contributed by atoms with E-state index in [9.17, 15) is 0 Å². The Kier molecular flexibility index (Phi) is 12.6. The zero-order valence-corrected chi connectivity index (χ0v) is 21.0. The highest BCUT2D eigenvalue weighted by molar-refractivity contribution is 14.0. The molecule has 0 aliphatic carbocycles. The van der Waals surface area contributed by atoms with Crippen molar-refractivity contribution < 1.29 is 4.74 Å². The Bertz CT molecular complexity index is 734. The molecule has 6 heteroatoms. The summed E-state index contributed by atoms with van der Waals surface area (Å²) in [5.74, 6) is 0.861. The van der Waals surface area contributed by atoms with Crippen LogP contribution in [-0.2, 0) is 17.7 Å². The van der Waals surface area contributed by atoms with Crippen LogP contribution in [0.1, 0.15) is 30.4 Å². The Morgan fingerprint density at radius 2 is 1.55 bits per heavy atom. The Morgan fingerprint density at radius 3 is 2.19 bits per heavy atom. The summed E-state index contributed by atoms with van der Waals surface area (Å²) in [6, 6.07) is 21.2. The molecule has 1 fully saturated rings. The fraction of sp³-hybridized carbons (Fsp3) is 0.480. The molecule has 1 saturated heterocycles. The molecule has 2 aromatic carbocycles. The lowest BCUT2D eigenvalue weighted by Gasteiger charge is -2.32. The van der Waals surface area contributed by atoms with Gasteiger partial charge in [-0.15, -0.1) is 24.0 Å². The van der Waals surface area contributed by atoms with Gasteiger partial charge in [-0.3, -0.25) is 9.89 Å². The third kappa shape index (κ3) is 10.0. The summed E-state index contributed by atoms with van der Waals surface area (Å²) in [5.41, 5.74) is 2.73. The van der Waals surface area contributed by atoms with Crippen LogP contribution in [0, 0.1) is 0 Å². The van der Waals surface area contributed by atoms with Gasteiger partial charge in [0.2, 0.25) is 0 Å². The summed E-state index contributed by atoms with van der Waals surface area (Å²) in [4.78, 5) is 6.83. The second kappa shape index (κ2) is 15.2. The zero-order valence-electron chi connectivity index (χ0n) is 18.6. The van der Waals surface area contributed by atoms with Crippen LogP contribution in [0.15, 0.2) is 65.7 Å². The van der Waals surface area contributed by atoms with Gasteiger partial charge in [-0.05, 0) is 36.8 Å². The summed E-state index contributed by atoms with van der Waals surface area (Å²) >= 11 is 0. The van der Waals surface area contributed by atoms with Crippen molar-refractivity contribution in [3.05, 3.63) is 71.8 Å². The van der Waals surface area contributed by atoms with Gasteiger partial charge in [0.1, 0.15) is 0 Å². The molecule has 0 amide bonds. The van der Waals surface area contributed by atoms with Crippen molar-refractivity contribution in [1.82, 2.24) is 15.5 Å². The number of halogens is 1. The zero-order chi connectivity index (χ0) is 20.9. The molecule has 0 radical (unpaired) electrons. The molecule has 5 nitrogen and oxygen atoms in total. The molecule has 1 aliphatic rings. The molecular formula is C25H37IN4O. The number of hydrogen-bond acceptors (Lipinski definition) is 3. The minimum absolute atomic E-state index is 0. The molecule has 1 heterocycles. The van der Waals surface area contributed by atoms with Crippen molar-refractivity contribution >= 4 is 29.9 Å². The molecule has 0 unspecified atom stereocenters. The number of piperidine rings is 1. The molecule has 2 aromatic rings. The second-order valence-electron chi connectivity index (χ2n) is 7.85. The van der Waals surface area contributed by atoms with E-state index in [1.165, 1.54) is 11.1 Å². The molecule has 3 rings (SSSR count). The third-order valence-electron chi connectivity index (χ3n) is 5.52. The van der Waals surface area contributed by atoms with E-state index in [2.05, 4.69) is 75.1 Å².